The molecule has 0 aliphatic heterocycles. The molecular formula is C9H11N3O. The fraction of sp³-hybridized carbons (Fsp3) is 0.333. The molecule has 0 aliphatic carbocycles. The number of aromatic nitrogens is 1. The van der Waals surface area contributed by atoms with Crippen LogP contribution in [0, 0.1) is 17.2 Å². The molecule has 2 N–H and O–H groups in total. The van der Waals surface area contributed by atoms with E-state index in [9.17, 15) is 4.79 Å². The van der Waals surface area contributed by atoms with Gasteiger partial charge in [-0.15, -0.1) is 0 Å². The highest BCUT2D eigenvalue weighted by molar-refractivity contribution is 5.93. The van der Waals surface area contributed by atoms with E-state index in [2.05, 4.69) is 10.3 Å². The monoisotopic (exact) mass is 177 g/mol. The van der Waals surface area contributed by atoms with Gasteiger partial charge in [0.1, 0.15) is 5.92 Å². The second kappa shape index (κ2) is 4.31. The van der Waals surface area contributed by atoms with Crippen LogP contribution in [0.4, 0.5) is 5.69 Å². The van der Waals surface area contributed by atoms with Crippen molar-refractivity contribution in [2.75, 3.05) is 5.32 Å². The van der Waals surface area contributed by atoms with Crippen LogP contribution < -0.4 is 5.32 Å². The van der Waals surface area contributed by atoms with E-state index in [0.29, 0.717) is 12.1 Å². The van der Waals surface area contributed by atoms with Gasteiger partial charge in [-0.05, 0) is 12.5 Å². The molecule has 4 heteroatoms. The van der Waals surface area contributed by atoms with Gasteiger partial charge in [-0.3, -0.25) is 4.79 Å². The second-order valence-electron chi connectivity index (χ2n) is 2.68. The molecule has 13 heavy (non-hydrogen) atoms. The molecule has 1 heterocycles. The van der Waals surface area contributed by atoms with Crippen LogP contribution in [0.15, 0.2) is 18.5 Å². The lowest BCUT2D eigenvalue weighted by Gasteiger charge is -2.05. The lowest BCUT2D eigenvalue weighted by atomic mass is 10.1. The van der Waals surface area contributed by atoms with Gasteiger partial charge < -0.3 is 10.3 Å². The first kappa shape index (κ1) is 9.33. The van der Waals surface area contributed by atoms with Crippen LogP contribution in [0.2, 0.25) is 0 Å². The Labute approximate surface area is 76.6 Å². The van der Waals surface area contributed by atoms with Crippen LogP contribution in [0.1, 0.15) is 13.3 Å². The minimum absolute atomic E-state index is 0.246. The Kier molecular flexibility index (Phi) is 3.09. The van der Waals surface area contributed by atoms with Crippen LogP contribution in [-0.4, -0.2) is 10.9 Å². The molecule has 0 fully saturated rings. The van der Waals surface area contributed by atoms with Crippen LogP contribution in [0.5, 0.6) is 0 Å². The fourth-order valence-electron chi connectivity index (χ4n) is 0.966. The zero-order valence-corrected chi connectivity index (χ0v) is 7.37. The third kappa shape index (κ3) is 2.34. The number of hydrogen-bond acceptors (Lipinski definition) is 2. The number of nitrogens with one attached hydrogen (secondary N) is 2. The van der Waals surface area contributed by atoms with Gasteiger partial charge in [0.25, 0.3) is 0 Å². The van der Waals surface area contributed by atoms with Crippen LogP contribution >= 0.6 is 0 Å². The summed E-state index contributed by atoms with van der Waals surface area (Å²) >= 11 is 0. The standard InChI is InChI=1S/C9H11N3O/c1-2-7(5-10)9(13)12-8-3-4-11-6-8/h3-4,6-7,11H,2H2,1H3,(H,12,13). The van der Waals surface area contributed by atoms with Crippen molar-refractivity contribution >= 4 is 11.6 Å². The Balaban J connectivity index is 2.56. The van der Waals surface area contributed by atoms with E-state index < -0.39 is 5.92 Å². The molecule has 0 aliphatic rings. The van der Waals surface area contributed by atoms with Crippen molar-refractivity contribution in [3.63, 3.8) is 0 Å². The first-order valence-corrected chi connectivity index (χ1v) is 4.11. The molecular weight excluding hydrogens is 166 g/mol. The summed E-state index contributed by atoms with van der Waals surface area (Å²) in [6.07, 6.45) is 3.91. The van der Waals surface area contributed by atoms with Crippen LogP contribution in [-0.2, 0) is 4.79 Å². The number of carbonyl (C=O) groups is 1. The van der Waals surface area contributed by atoms with Crippen molar-refractivity contribution in [1.82, 2.24) is 4.98 Å². The predicted molar refractivity (Wildman–Crippen MR) is 48.8 cm³/mol. The number of anilines is 1. The van der Waals surface area contributed by atoms with Gasteiger partial charge in [-0.2, -0.15) is 5.26 Å². The topological polar surface area (TPSA) is 68.7 Å². The highest BCUT2D eigenvalue weighted by atomic mass is 16.1. The zero-order valence-electron chi connectivity index (χ0n) is 7.37. The maximum atomic E-state index is 11.3. The number of rotatable bonds is 3. The number of aromatic amines is 1. The molecule has 1 atom stereocenters. The Morgan fingerprint density at radius 3 is 3.08 bits per heavy atom. The molecule has 1 amide bonds. The summed E-state index contributed by atoms with van der Waals surface area (Å²) in [6.45, 7) is 1.81. The molecule has 0 radical (unpaired) electrons. The summed E-state index contributed by atoms with van der Waals surface area (Å²) in [6, 6.07) is 3.68. The Bertz CT molecular complexity index is 310. The number of amides is 1. The van der Waals surface area contributed by atoms with E-state index in [4.69, 9.17) is 5.26 Å². The third-order valence-corrected chi connectivity index (χ3v) is 1.75. The van der Waals surface area contributed by atoms with E-state index >= 15 is 0 Å². The number of nitriles is 1. The van der Waals surface area contributed by atoms with Gasteiger partial charge in [0.15, 0.2) is 0 Å². The average Bonchev–Trinajstić information content (AvgIpc) is 2.59. The maximum absolute atomic E-state index is 11.3. The Hall–Kier alpha value is -1.76. The average molecular weight is 177 g/mol. The van der Waals surface area contributed by atoms with Crippen molar-refractivity contribution < 1.29 is 4.79 Å². The van der Waals surface area contributed by atoms with Gasteiger partial charge in [0.2, 0.25) is 5.91 Å². The van der Waals surface area contributed by atoms with E-state index in [0.717, 1.165) is 0 Å². The third-order valence-electron chi connectivity index (χ3n) is 1.75. The van der Waals surface area contributed by atoms with Crippen LogP contribution in [0.3, 0.4) is 0 Å². The van der Waals surface area contributed by atoms with Gasteiger partial charge in [0, 0.05) is 12.4 Å². The summed E-state index contributed by atoms with van der Waals surface area (Å²) in [4.78, 5) is 14.1. The molecule has 1 aromatic heterocycles. The Morgan fingerprint density at radius 2 is 2.62 bits per heavy atom. The normalized spacial score (nSPS) is 11.7. The lowest BCUT2D eigenvalue weighted by Crippen LogP contribution is -2.20. The molecule has 1 aromatic rings. The first-order chi connectivity index (χ1) is 6.27. The Morgan fingerprint density at radius 1 is 1.85 bits per heavy atom. The van der Waals surface area contributed by atoms with Crippen LogP contribution in [0.25, 0.3) is 0 Å². The minimum Gasteiger partial charge on any atom is -0.366 e. The number of H-pyrrole nitrogens is 1. The molecule has 0 bridgehead atoms. The lowest BCUT2D eigenvalue weighted by molar-refractivity contribution is -0.118. The van der Waals surface area contributed by atoms with Crippen molar-refractivity contribution in [2.24, 2.45) is 5.92 Å². The molecule has 68 valence electrons. The van der Waals surface area contributed by atoms with Crippen molar-refractivity contribution in [3.8, 4) is 6.07 Å². The van der Waals surface area contributed by atoms with E-state index in [1.54, 1.807) is 18.5 Å². The molecule has 0 aromatic carbocycles. The minimum atomic E-state index is -0.560. The maximum Gasteiger partial charge on any atom is 0.241 e. The van der Waals surface area contributed by atoms with E-state index in [1.165, 1.54) is 0 Å². The highest BCUT2D eigenvalue weighted by Gasteiger charge is 2.14. The summed E-state index contributed by atoms with van der Waals surface area (Å²) in [5.41, 5.74) is 0.693. The summed E-state index contributed by atoms with van der Waals surface area (Å²) in [5.74, 6) is -0.806. The van der Waals surface area contributed by atoms with Gasteiger partial charge in [-0.25, -0.2) is 0 Å². The number of carbonyl (C=O) groups excluding carboxylic acids is 1. The van der Waals surface area contributed by atoms with Crippen molar-refractivity contribution in [2.45, 2.75) is 13.3 Å². The van der Waals surface area contributed by atoms with Gasteiger partial charge in [-0.1, -0.05) is 6.92 Å². The summed E-state index contributed by atoms with van der Waals surface area (Å²) in [5, 5.41) is 11.2. The summed E-state index contributed by atoms with van der Waals surface area (Å²) < 4.78 is 0. The van der Waals surface area contributed by atoms with Crippen molar-refractivity contribution in [3.05, 3.63) is 18.5 Å². The van der Waals surface area contributed by atoms with E-state index in [1.807, 2.05) is 13.0 Å². The fourth-order valence-corrected chi connectivity index (χ4v) is 0.966. The van der Waals surface area contributed by atoms with Gasteiger partial charge >= 0.3 is 0 Å². The molecule has 1 rings (SSSR count). The van der Waals surface area contributed by atoms with Crippen molar-refractivity contribution in [1.29, 1.82) is 5.26 Å². The molecule has 0 spiro atoms. The zero-order chi connectivity index (χ0) is 9.68. The SMILES string of the molecule is CCC(C#N)C(=O)Nc1cc[nH]c1. The molecule has 1 unspecified atom stereocenters. The first-order valence-electron chi connectivity index (χ1n) is 4.11. The summed E-state index contributed by atoms with van der Waals surface area (Å²) in [7, 11) is 0. The molecule has 0 saturated carbocycles. The molecule has 0 saturated heterocycles. The second-order valence-corrected chi connectivity index (χ2v) is 2.68. The van der Waals surface area contributed by atoms with E-state index in [-0.39, 0.29) is 5.91 Å². The predicted octanol–water partition coefficient (Wildman–Crippen LogP) is 1.50. The smallest absolute Gasteiger partial charge is 0.241 e. The van der Waals surface area contributed by atoms with Gasteiger partial charge in [0.05, 0.1) is 11.8 Å². The quantitative estimate of drug-likeness (QED) is 0.734. The number of nitrogens with zero attached hydrogens (tertiary/aromatic N) is 1. The highest BCUT2D eigenvalue weighted by Crippen LogP contribution is 2.08. The molecule has 4 nitrogen and oxygen atoms in total. The largest absolute Gasteiger partial charge is 0.366 e. The number of hydrogen-bond donors (Lipinski definition) is 2.